The molecular weight excluding hydrogens is 188 g/mol. The largest absolute Gasteiger partial charge is 0.326 e. The first kappa shape index (κ1) is 10.5. The molecule has 0 aliphatic rings. The molecule has 0 aliphatic carbocycles. The van der Waals surface area contributed by atoms with Gasteiger partial charge in [0.05, 0.1) is 18.2 Å². The molecule has 1 aromatic rings. The minimum Gasteiger partial charge on any atom is -0.326 e. The van der Waals surface area contributed by atoms with E-state index in [4.69, 9.17) is 11.0 Å². The molecule has 0 saturated carbocycles. The highest BCUT2D eigenvalue weighted by molar-refractivity contribution is 5.28. The van der Waals surface area contributed by atoms with Gasteiger partial charge < -0.3 is 5.73 Å². The van der Waals surface area contributed by atoms with Gasteiger partial charge in [-0.15, -0.1) is 0 Å². The third-order valence-electron chi connectivity index (χ3n) is 1.80. The summed E-state index contributed by atoms with van der Waals surface area (Å²) in [5, 5.41) is 8.39. The van der Waals surface area contributed by atoms with Gasteiger partial charge in [0.15, 0.2) is 0 Å². The third kappa shape index (κ3) is 2.24. The van der Waals surface area contributed by atoms with Crippen molar-refractivity contribution < 1.29 is 8.78 Å². The van der Waals surface area contributed by atoms with Crippen LogP contribution in [0.5, 0.6) is 0 Å². The van der Waals surface area contributed by atoms with E-state index in [0.717, 1.165) is 6.20 Å². The number of alkyl halides is 2. The number of nitrogens with two attached hydrogens (primary N) is 1. The van der Waals surface area contributed by atoms with Crippen molar-refractivity contribution in [1.82, 2.24) is 4.98 Å². The molecule has 1 aromatic heterocycles. The lowest BCUT2D eigenvalue weighted by Gasteiger charge is -2.06. The number of rotatable bonds is 3. The fraction of sp³-hybridized carbons (Fsp3) is 0.333. The van der Waals surface area contributed by atoms with Crippen LogP contribution >= 0.6 is 0 Å². The molecule has 74 valence electrons. The van der Waals surface area contributed by atoms with Crippen LogP contribution in [0.2, 0.25) is 0 Å². The van der Waals surface area contributed by atoms with Gasteiger partial charge in [-0.1, -0.05) is 0 Å². The molecule has 2 N–H and O–H groups in total. The molecule has 0 aliphatic heterocycles. The monoisotopic (exact) mass is 197 g/mol. The van der Waals surface area contributed by atoms with Crippen molar-refractivity contribution in [3.63, 3.8) is 0 Å². The third-order valence-corrected chi connectivity index (χ3v) is 1.80. The molecule has 1 rings (SSSR count). The van der Waals surface area contributed by atoms with Gasteiger partial charge in [-0.2, -0.15) is 5.26 Å². The van der Waals surface area contributed by atoms with Crippen LogP contribution in [0.3, 0.4) is 0 Å². The number of aromatic nitrogens is 1. The van der Waals surface area contributed by atoms with Gasteiger partial charge in [0.25, 0.3) is 6.43 Å². The predicted molar refractivity (Wildman–Crippen MR) is 46.4 cm³/mol. The highest BCUT2D eigenvalue weighted by Gasteiger charge is 2.12. The van der Waals surface area contributed by atoms with Crippen LogP contribution in [0.15, 0.2) is 12.3 Å². The highest BCUT2D eigenvalue weighted by Crippen LogP contribution is 2.22. The molecular formula is C9H9F2N3. The SMILES string of the molecule is N#CCc1cc(CN)c(C(F)F)cn1. The molecule has 0 amide bonds. The zero-order chi connectivity index (χ0) is 10.6. The Morgan fingerprint density at radius 1 is 1.57 bits per heavy atom. The Morgan fingerprint density at radius 2 is 2.29 bits per heavy atom. The number of hydrogen-bond donors (Lipinski definition) is 1. The first-order chi connectivity index (χ1) is 6.69. The summed E-state index contributed by atoms with van der Waals surface area (Å²) in [5.74, 6) is 0. The maximum absolute atomic E-state index is 12.4. The summed E-state index contributed by atoms with van der Waals surface area (Å²) < 4.78 is 24.7. The maximum atomic E-state index is 12.4. The normalized spacial score (nSPS) is 10.2. The molecule has 5 heteroatoms. The second-order valence-corrected chi connectivity index (χ2v) is 2.71. The van der Waals surface area contributed by atoms with E-state index in [1.807, 2.05) is 6.07 Å². The van der Waals surface area contributed by atoms with Crippen molar-refractivity contribution >= 4 is 0 Å². The highest BCUT2D eigenvalue weighted by atomic mass is 19.3. The van der Waals surface area contributed by atoms with Gasteiger partial charge in [-0.25, -0.2) is 8.78 Å². The first-order valence-corrected chi connectivity index (χ1v) is 4.02. The molecule has 0 bridgehead atoms. The molecule has 3 nitrogen and oxygen atoms in total. The van der Waals surface area contributed by atoms with Gasteiger partial charge in [0.2, 0.25) is 0 Å². The fourth-order valence-electron chi connectivity index (χ4n) is 1.11. The molecule has 0 aromatic carbocycles. The zero-order valence-electron chi connectivity index (χ0n) is 7.37. The molecule has 0 atom stereocenters. The average molecular weight is 197 g/mol. The Morgan fingerprint density at radius 3 is 2.79 bits per heavy atom. The summed E-state index contributed by atoms with van der Waals surface area (Å²) >= 11 is 0. The van der Waals surface area contributed by atoms with Crippen molar-refractivity contribution in [3.05, 3.63) is 29.1 Å². The summed E-state index contributed by atoms with van der Waals surface area (Å²) in [6.45, 7) is 0.0284. The number of nitriles is 1. The maximum Gasteiger partial charge on any atom is 0.265 e. The Bertz CT molecular complexity index is 358. The quantitative estimate of drug-likeness (QED) is 0.799. The van der Waals surface area contributed by atoms with Gasteiger partial charge in [-0.05, 0) is 11.6 Å². The first-order valence-electron chi connectivity index (χ1n) is 4.02. The lowest BCUT2D eigenvalue weighted by Crippen LogP contribution is -2.04. The van der Waals surface area contributed by atoms with E-state index in [1.54, 1.807) is 0 Å². The fourth-order valence-corrected chi connectivity index (χ4v) is 1.11. The van der Waals surface area contributed by atoms with Crippen molar-refractivity contribution in [1.29, 1.82) is 5.26 Å². The second-order valence-electron chi connectivity index (χ2n) is 2.71. The Hall–Kier alpha value is -1.54. The van der Waals surface area contributed by atoms with E-state index >= 15 is 0 Å². The van der Waals surface area contributed by atoms with Gasteiger partial charge in [-0.3, -0.25) is 4.98 Å². The second kappa shape index (κ2) is 4.63. The minimum absolute atomic E-state index is 0.0284. The number of nitrogens with zero attached hydrogens (tertiary/aromatic N) is 2. The lowest BCUT2D eigenvalue weighted by atomic mass is 10.1. The van der Waals surface area contributed by atoms with Crippen molar-refractivity contribution in [2.75, 3.05) is 0 Å². The van der Waals surface area contributed by atoms with E-state index in [0.29, 0.717) is 11.3 Å². The standard InChI is InChI=1S/C9H9F2N3/c10-9(11)8-5-14-7(1-2-12)3-6(8)4-13/h3,5,9H,1,4,13H2. The molecule has 0 unspecified atom stereocenters. The van der Waals surface area contributed by atoms with Crippen molar-refractivity contribution in [3.8, 4) is 6.07 Å². The molecule has 0 spiro atoms. The summed E-state index contributed by atoms with van der Waals surface area (Å²) in [6, 6.07) is 3.34. The van der Waals surface area contributed by atoms with E-state index in [2.05, 4.69) is 4.98 Å². The summed E-state index contributed by atoms with van der Waals surface area (Å²) in [4.78, 5) is 3.74. The van der Waals surface area contributed by atoms with Crippen LogP contribution in [0.4, 0.5) is 8.78 Å². The van der Waals surface area contributed by atoms with Crippen molar-refractivity contribution in [2.45, 2.75) is 19.4 Å². The van der Waals surface area contributed by atoms with Gasteiger partial charge in [0, 0.05) is 18.3 Å². The van der Waals surface area contributed by atoms with Crippen LogP contribution in [0, 0.1) is 11.3 Å². The van der Waals surface area contributed by atoms with Crippen LogP contribution < -0.4 is 5.73 Å². The predicted octanol–water partition coefficient (Wildman–Crippen LogP) is 1.54. The van der Waals surface area contributed by atoms with Crippen LogP contribution in [0.1, 0.15) is 23.2 Å². The Balaban J connectivity index is 3.06. The number of pyridine rings is 1. The van der Waals surface area contributed by atoms with Crippen LogP contribution in [-0.2, 0) is 13.0 Å². The zero-order valence-corrected chi connectivity index (χ0v) is 7.37. The van der Waals surface area contributed by atoms with E-state index in [-0.39, 0.29) is 18.5 Å². The molecule has 0 fully saturated rings. The Kier molecular flexibility index (Phi) is 3.48. The van der Waals surface area contributed by atoms with Crippen molar-refractivity contribution in [2.24, 2.45) is 5.73 Å². The summed E-state index contributed by atoms with van der Waals surface area (Å²) in [7, 11) is 0. The van der Waals surface area contributed by atoms with Gasteiger partial charge >= 0.3 is 0 Å². The van der Waals surface area contributed by atoms with Gasteiger partial charge in [0.1, 0.15) is 0 Å². The van der Waals surface area contributed by atoms with E-state index < -0.39 is 6.43 Å². The summed E-state index contributed by atoms with van der Waals surface area (Å²) in [5.41, 5.74) is 5.97. The van der Waals surface area contributed by atoms with E-state index in [1.165, 1.54) is 6.07 Å². The number of halogens is 2. The average Bonchev–Trinajstić information content (AvgIpc) is 2.17. The molecule has 0 radical (unpaired) electrons. The molecule has 14 heavy (non-hydrogen) atoms. The van der Waals surface area contributed by atoms with E-state index in [9.17, 15) is 8.78 Å². The van der Waals surface area contributed by atoms with Crippen LogP contribution in [0.25, 0.3) is 0 Å². The molecule has 0 saturated heterocycles. The number of hydrogen-bond acceptors (Lipinski definition) is 3. The summed E-state index contributed by atoms with van der Waals surface area (Å²) in [6.07, 6.45) is -1.38. The smallest absolute Gasteiger partial charge is 0.265 e. The van der Waals surface area contributed by atoms with Crippen LogP contribution in [-0.4, -0.2) is 4.98 Å². The minimum atomic E-state index is -2.57. The topological polar surface area (TPSA) is 62.7 Å². The Labute approximate surface area is 80.2 Å². The lowest BCUT2D eigenvalue weighted by molar-refractivity contribution is 0.149. The molecule has 1 heterocycles.